The van der Waals surface area contributed by atoms with Crippen LogP contribution in [0.3, 0.4) is 0 Å². The highest BCUT2D eigenvalue weighted by Gasteiger charge is 2.23. The number of carboxylic acid groups (broad SMARTS) is 2. The summed E-state index contributed by atoms with van der Waals surface area (Å²) in [5.74, 6) is -5.83. The van der Waals surface area contributed by atoms with Crippen LogP contribution < -0.4 is 0 Å². The lowest BCUT2D eigenvalue weighted by Gasteiger charge is -2.09. The summed E-state index contributed by atoms with van der Waals surface area (Å²) in [6.07, 6.45) is -2.16. The minimum absolute atomic E-state index is 0.512. The van der Waals surface area contributed by atoms with Gasteiger partial charge >= 0.3 is 11.9 Å². The van der Waals surface area contributed by atoms with Gasteiger partial charge in [-0.1, -0.05) is 0 Å². The maximum absolute atomic E-state index is 10.7. The molecule has 3 N–H and O–H groups in total. The van der Waals surface area contributed by atoms with Gasteiger partial charge in [-0.25, -0.2) is 0 Å². The first kappa shape index (κ1) is 12.0. The van der Waals surface area contributed by atoms with E-state index in [-0.39, 0.29) is 0 Å². The molecular weight excluding hydrogens is 198 g/mol. The van der Waals surface area contributed by atoms with Crippen molar-refractivity contribution in [3.05, 3.63) is 0 Å². The number of hydroxylamine groups is 2. The van der Waals surface area contributed by atoms with Crippen molar-refractivity contribution in [2.75, 3.05) is 0 Å². The van der Waals surface area contributed by atoms with Gasteiger partial charge in [0.15, 0.2) is 0 Å². The van der Waals surface area contributed by atoms with Gasteiger partial charge in [0.2, 0.25) is 0 Å². The number of carboxylic acids is 2. The van der Waals surface area contributed by atoms with E-state index in [0.29, 0.717) is 0 Å². The number of hydrogen-bond donors (Lipinski definition) is 3. The average molecular weight is 205 g/mol. The summed E-state index contributed by atoms with van der Waals surface area (Å²) < 4.78 is 0. The van der Waals surface area contributed by atoms with Crippen LogP contribution in [0, 0.1) is 0 Å². The second kappa shape index (κ2) is 4.92. The number of carbonyl (C=O) groups is 4. The molecule has 0 aromatic rings. The summed E-state index contributed by atoms with van der Waals surface area (Å²) in [6, 6.07) is 0. The van der Waals surface area contributed by atoms with E-state index in [0.717, 1.165) is 0 Å². The number of imide groups is 1. The number of nitrogens with zero attached hydrogens (tertiary/aromatic N) is 1. The SMILES string of the molecule is O=C(O)CC(=O)N(O)C(=O)CC(=O)O. The summed E-state index contributed by atoms with van der Waals surface area (Å²) in [6.45, 7) is 0. The maximum atomic E-state index is 10.7. The van der Waals surface area contributed by atoms with E-state index in [4.69, 9.17) is 15.4 Å². The molecule has 8 nitrogen and oxygen atoms in total. The number of amides is 2. The maximum Gasteiger partial charge on any atom is 0.312 e. The van der Waals surface area contributed by atoms with E-state index >= 15 is 0 Å². The Kier molecular flexibility index (Phi) is 4.23. The van der Waals surface area contributed by atoms with Crippen LogP contribution in [0.5, 0.6) is 0 Å². The van der Waals surface area contributed by atoms with Gasteiger partial charge in [0.1, 0.15) is 12.8 Å². The zero-order valence-electron chi connectivity index (χ0n) is 6.84. The van der Waals surface area contributed by atoms with Crippen LogP contribution in [0.25, 0.3) is 0 Å². The van der Waals surface area contributed by atoms with Crippen molar-refractivity contribution >= 4 is 23.8 Å². The Labute approximate surface area is 77.3 Å². The molecule has 0 saturated carbocycles. The van der Waals surface area contributed by atoms with E-state index < -0.39 is 41.7 Å². The summed E-state index contributed by atoms with van der Waals surface area (Å²) in [4.78, 5) is 41.3. The minimum atomic E-state index is -1.53. The second-order valence-electron chi connectivity index (χ2n) is 2.24. The van der Waals surface area contributed by atoms with E-state index in [2.05, 4.69) is 0 Å². The molecule has 0 aliphatic carbocycles. The van der Waals surface area contributed by atoms with Crippen molar-refractivity contribution in [1.82, 2.24) is 5.06 Å². The molecule has 0 radical (unpaired) electrons. The van der Waals surface area contributed by atoms with Crippen LogP contribution in [0.1, 0.15) is 12.8 Å². The molecule has 0 heterocycles. The van der Waals surface area contributed by atoms with Crippen molar-refractivity contribution in [3.8, 4) is 0 Å². The van der Waals surface area contributed by atoms with E-state index in [1.807, 2.05) is 0 Å². The van der Waals surface area contributed by atoms with Gasteiger partial charge in [-0.05, 0) is 0 Å². The lowest BCUT2D eigenvalue weighted by Crippen LogP contribution is -2.36. The topological polar surface area (TPSA) is 132 Å². The Bertz CT molecular complexity index is 256. The molecule has 0 aromatic carbocycles. The van der Waals surface area contributed by atoms with Crippen LogP contribution in [-0.2, 0) is 19.2 Å². The normalized spacial score (nSPS) is 9.21. The molecule has 0 aliphatic heterocycles. The highest BCUT2D eigenvalue weighted by atomic mass is 16.5. The van der Waals surface area contributed by atoms with Crippen molar-refractivity contribution in [3.63, 3.8) is 0 Å². The summed E-state index contributed by atoms with van der Waals surface area (Å²) >= 11 is 0. The average Bonchev–Trinajstić information content (AvgIpc) is 2.00. The lowest BCUT2D eigenvalue weighted by molar-refractivity contribution is -0.181. The summed E-state index contributed by atoms with van der Waals surface area (Å²) in [7, 11) is 0. The Morgan fingerprint density at radius 3 is 1.36 bits per heavy atom. The number of aliphatic carboxylic acids is 2. The smallest absolute Gasteiger partial charge is 0.312 e. The first-order valence-electron chi connectivity index (χ1n) is 3.33. The number of rotatable bonds is 4. The van der Waals surface area contributed by atoms with E-state index in [9.17, 15) is 19.2 Å². The number of hydrogen-bond acceptors (Lipinski definition) is 5. The molecule has 8 heteroatoms. The van der Waals surface area contributed by atoms with Gasteiger partial charge in [0.25, 0.3) is 11.8 Å². The first-order valence-corrected chi connectivity index (χ1v) is 3.33. The molecule has 0 atom stereocenters. The quantitative estimate of drug-likeness (QED) is 0.294. The molecule has 0 saturated heterocycles. The lowest BCUT2D eigenvalue weighted by atomic mass is 10.3. The van der Waals surface area contributed by atoms with Crippen LogP contribution >= 0.6 is 0 Å². The highest BCUT2D eigenvalue weighted by Crippen LogP contribution is 1.95. The van der Waals surface area contributed by atoms with Gasteiger partial charge in [-0.15, -0.1) is 0 Å². The molecule has 0 aliphatic rings. The first-order chi connectivity index (χ1) is 6.34. The van der Waals surface area contributed by atoms with Crippen LogP contribution in [0.4, 0.5) is 0 Å². The Morgan fingerprint density at radius 1 is 0.857 bits per heavy atom. The van der Waals surface area contributed by atoms with Gasteiger partial charge in [-0.2, -0.15) is 5.06 Å². The van der Waals surface area contributed by atoms with Crippen molar-refractivity contribution < 1.29 is 34.6 Å². The summed E-state index contributed by atoms with van der Waals surface area (Å²) in [5.41, 5.74) is 0. The van der Waals surface area contributed by atoms with Gasteiger partial charge in [0, 0.05) is 0 Å². The van der Waals surface area contributed by atoms with Crippen molar-refractivity contribution in [2.45, 2.75) is 12.8 Å². The molecule has 0 unspecified atom stereocenters. The molecule has 0 rings (SSSR count). The Hall–Kier alpha value is -1.96. The molecule has 78 valence electrons. The Morgan fingerprint density at radius 2 is 1.14 bits per heavy atom. The summed E-state index contributed by atoms with van der Waals surface area (Å²) in [5, 5.41) is 24.4. The fourth-order valence-electron chi connectivity index (χ4n) is 0.548. The van der Waals surface area contributed by atoms with E-state index in [1.165, 1.54) is 0 Å². The molecule has 2 amide bonds. The fraction of sp³-hybridized carbons (Fsp3) is 0.333. The predicted octanol–water partition coefficient (Wildman–Crippen LogP) is -1.32. The molecule has 0 aromatic heterocycles. The van der Waals surface area contributed by atoms with Crippen LogP contribution in [0.15, 0.2) is 0 Å². The molecule has 0 spiro atoms. The van der Waals surface area contributed by atoms with Crippen molar-refractivity contribution in [1.29, 1.82) is 0 Å². The van der Waals surface area contributed by atoms with Gasteiger partial charge in [-0.3, -0.25) is 24.4 Å². The largest absolute Gasteiger partial charge is 0.481 e. The second-order valence-corrected chi connectivity index (χ2v) is 2.24. The Balaban J connectivity index is 4.24. The zero-order valence-corrected chi connectivity index (χ0v) is 6.84. The molecule has 0 bridgehead atoms. The third kappa shape index (κ3) is 4.16. The van der Waals surface area contributed by atoms with Gasteiger partial charge in [0.05, 0.1) is 0 Å². The third-order valence-electron chi connectivity index (χ3n) is 1.08. The van der Waals surface area contributed by atoms with Crippen LogP contribution in [-0.4, -0.2) is 44.2 Å². The molecular formula is C6H7NO7. The highest BCUT2D eigenvalue weighted by molar-refractivity contribution is 6.05. The number of carbonyl (C=O) groups excluding carboxylic acids is 2. The van der Waals surface area contributed by atoms with E-state index in [1.54, 1.807) is 0 Å². The fourth-order valence-corrected chi connectivity index (χ4v) is 0.548. The minimum Gasteiger partial charge on any atom is -0.481 e. The molecule has 0 fully saturated rings. The third-order valence-corrected chi connectivity index (χ3v) is 1.08. The predicted molar refractivity (Wildman–Crippen MR) is 38.1 cm³/mol. The standard InChI is InChI=1S/C6H7NO7/c8-3(1-5(10)11)7(14)4(9)2-6(12)13/h14H,1-2H2,(H,10,11)(H,12,13). The monoisotopic (exact) mass is 205 g/mol. The van der Waals surface area contributed by atoms with Crippen molar-refractivity contribution in [2.24, 2.45) is 0 Å². The van der Waals surface area contributed by atoms with Gasteiger partial charge < -0.3 is 10.2 Å². The zero-order chi connectivity index (χ0) is 11.3. The molecule has 14 heavy (non-hydrogen) atoms. The van der Waals surface area contributed by atoms with Crippen LogP contribution in [0.2, 0.25) is 0 Å².